The van der Waals surface area contributed by atoms with E-state index in [0.29, 0.717) is 5.75 Å². The number of fused-ring (bicyclic) bond motifs is 1. The minimum atomic E-state index is -0.148. The number of aromatic hydroxyl groups is 1. The monoisotopic (exact) mass is 365 g/mol. The number of hydrogen-bond acceptors (Lipinski definition) is 3. The van der Waals surface area contributed by atoms with Crippen LogP contribution in [0, 0.1) is 5.92 Å². The minimum absolute atomic E-state index is 0.148. The zero-order chi connectivity index (χ0) is 19.9. The number of benzene rings is 1. The molecule has 1 aromatic carbocycles. The maximum absolute atomic E-state index is 9.67. The molecular weight excluding hydrogens is 322 g/mol. The highest BCUT2D eigenvalue weighted by Crippen LogP contribution is 2.32. The van der Waals surface area contributed by atoms with Gasteiger partial charge in [-0.05, 0) is 62.9 Å². The molecule has 1 aliphatic carbocycles. The van der Waals surface area contributed by atoms with Crippen molar-refractivity contribution in [1.29, 1.82) is 0 Å². The van der Waals surface area contributed by atoms with Crippen molar-refractivity contribution in [1.82, 2.24) is 4.90 Å². The lowest BCUT2D eigenvalue weighted by Gasteiger charge is -2.24. The van der Waals surface area contributed by atoms with Gasteiger partial charge in [0.05, 0.1) is 6.10 Å². The van der Waals surface area contributed by atoms with Crippen LogP contribution >= 0.6 is 0 Å². The molecule has 3 nitrogen and oxygen atoms in total. The van der Waals surface area contributed by atoms with Gasteiger partial charge in [-0.15, -0.1) is 0 Å². The number of likely N-dealkylation sites (N-methyl/N-ethyl adjacent to an activating group) is 1. The van der Waals surface area contributed by atoms with Gasteiger partial charge in [0.15, 0.2) is 0 Å². The molecule has 3 heteroatoms. The largest absolute Gasteiger partial charge is 0.508 e. The van der Waals surface area contributed by atoms with E-state index in [4.69, 9.17) is 5.11 Å². The summed E-state index contributed by atoms with van der Waals surface area (Å²) in [4.78, 5) is 1.98. The molecule has 0 spiro atoms. The van der Waals surface area contributed by atoms with Crippen LogP contribution in [-0.2, 0) is 12.8 Å². The van der Waals surface area contributed by atoms with Crippen molar-refractivity contribution in [3.05, 3.63) is 29.3 Å². The van der Waals surface area contributed by atoms with Crippen LogP contribution in [0.15, 0.2) is 18.2 Å². The summed E-state index contributed by atoms with van der Waals surface area (Å²) in [5, 5.41) is 18.7. The fourth-order valence-electron chi connectivity index (χ4n) is 3.07. The molecule has 1 unspecified atom stereocenters. The summed E-state index contributed by atoms with van der Waals surface area (Å²) in [6, 6.07) is 5.93. The summed E-state index contributed by atoms with van der Waals surface area (Å²) in [6.45, 7) is 9.36. The number of unbranched alkanes of at least 4 members (excludes halogenated alkanes) is 1. The number of phenolic OH excluding ortho intramolecular Hbond substituents is 1. The predicted octanol–water partition coefficient (Wildman–Crippen LogP) is 5.42. The summed E-state index contributed by atoms with van der Waals surface area (Å²) in [7, 11) is 3.91. The highest BCUT2D eigenvalue weighted by Gasteiger charge is 2.19. The fraction of sp³-hybridized carbons (Fsp3) is 0.739. The first kappa shape index (κ1) is 24.9. The van der Waals surface area contributed by atoms with E-state index in [0.717, 1.165) is 31.7 Å². The van der Waals surface area contributed by atoms with Crippen LogP contribution in [0.5, 0.6) is 5.75 Å². The summed E-state index contributed by atoms with van der Waals surface area (Å²) in [5.74, 6) is 1.34. The highest BCUT2D eigenvalue weighted by atomic mass is 16.3. The van der Waals surface area contributed by atoms with Gasteiger partial charge in [0, 0.05) is 6.54 Å². The Morgan fingerprint density at radius 2 is 1.73 bits per heavy atom. The summed E-state index contributed by atoms with van der Waals surface area (Å²) >= 11 is 0. The van der Waals surface area contributed by atoms with Crippen molar-refractivity contribution in [3.8, 4) is 5.75 Å². The van der Waals surface area contributed by atoms with Gasteiger partial charge in [0.25, 0.3) is 0 Å². The van der Waals surface area contributed by atoms with Crippen molar-refractivity contribution >= 4 is 0 Å². The second-order valence-electron chi connectivity index (χ2n) is 7.64. The van der Waals surface area contributed by atoms with Crippen molar-refractivity contribution in [2.75, 3.05) is 20.6 Å². The first-order chi connectivity index (χ1) is 12.4. The topological polar surface area (TPSA) is 43.7 Å². The third-order valence-electron chi connectivity index (χ3n) is 4.80. The lowest BCUT2D eigenvalue weighted by atomic mass is 9.81. The van der Waals surface area contributed by atoms with Crippen LogP contribution in [0.25, 0.3) is 0 Å². The van der Waals surface area contributed by atoms with Gasteiger partial charge in [-0.1, -0.05) is 65.5 Å². The smallest absolute Gasteiger partial charge is 0.119 e. The SMILES string of the molecule is CCCC.CCCC1CCc2c(O)cccc2C1.CC[C@@H](O)CN(C)C. The summed E-state index contributed by atoms with van der Waals surface area (Å²) in [6.07, 6.45) is 9.42. The van der Waals surface area contributed by atoms with Crippen molar-refractivity contribution in [2.24, 2.45) is 5.92 Å². The molecule has 152 valence electrons. The van der Waals surface area contributed by atoms with Gasteiger partial charge < -0.3 is 15.1 Å². The Kier molecular flexibility index (Phi) is 14.4. The van der Waals surface area contributed by atoms with E-state index in [2.05, 4.69) is 26.8 Å². The molecule has 0 amide bonds. The fourth-order valence-corrected chi connectivity index (χ4v) is 3.07. The second kappa shape index (κ2) is 15.0. The van der Waals surface area contributed by atoms with E-state index in [1.54, 1.807) is 6.07 Å². The molecule has 0 aromatic heterocycles. The zero-order valence-corrected chi connectivity index (χ0v) is 18.1. The van der Waals surface area contributed by atoms with Gasteiger partial charge in [0.2, 0.25) is 0 Å². The van der Waals surface area contributed by atoms with Gasteiger partial charge in [-0.25, -0.2) is 0 Å². The van der Waals surface area contributed by atoms with E-state index >= 15 is 0 Å². The van der Waals surface area contributed by atoms with E-state index in [1.165, 1.54) is 43.2 Å². The third kappa shape index (κ3) is 10.8. The minimum Gasteiger partial charge on any atom is -0.508 e. The van der Waals surface area contributed by atoms with Gasteiger partial charge >= 0.3 is 0 Å². The van der Waals surface area contributed by atoms with Crippen LogP contribution in [0.3, 0.4) is 0 Å². The highest BCUT2D eigenvalue weighted by molar-refractivity contribution is 5.40. The van der Waals surface area contributed by atoms with E-state index in [9.17, 15) is 5.11 Å². The number of hydrogen-bond donors (Lipinski definition) is 2. The first-order valence-corrected chi connectivity index (χ1v) is 10.5. The Labute approximate surface area is 162 Å². The average molecular weight is 366 g/mol. The van der Waals surface area contributed by atoms with Crippen LogP contribution in [0.1, 0.15) is 77.3 Å². The molecule has 0 fully saturated rings. The molecule has 2 rings (SSSR count). The Bertz CT molecular complexity index is 458. The number of phenols is 1. The number of nitrogens with zero attached hydrogens (tertiary/aromatic N) is 1. The van der Waals surface area contributed by atoms with Gasteiger partial charge in [-0.3, -0.25) is 0 Å². The van der Waals surface area contributed by atoms with Crippen molar-refractivity contribution in [2.45, 2.75) is 85.2 Å². The van der Waals surface area contributed by atoms with Crippen LogP contribution in [-0.4, -0.2) is 41.9 Å². The average Bonchev–Trinajstić information content (AvgIpc) is 2.62. The lowest BCUT2D eigenvalue weighted by Crippen LogP contribution is -2.24. The van der Waals surface area contributed by atoms with Gasteiger partial charge in [-0.2, -0.15) is 0 Å². The normalized spacial score (nSPS) is 16.7. The molecule has 0 heterocycles. The molecule has 0 radical (unpaired) electrons. The number of aliphatic hydroxyl groups excluding tert-OH is 1. The van der Waals surface area contributed by atoms with Crippen LogP contribution < -0.4 is 0 Å². The molecule has 0 saturated heterocycles. The molecule has 2 N–H and O–H groups in total. The molecule has 1 aliphatic rings. The van der Waals surface area contributed by atoms with Crippen molar-refractivity contribution in [3.63, 3.8) is 0 Å². The number of aliphatic hydroxyl groups is 1. The first-order valence-electron chi connectivity index (χ1n) is 10.5. The maximum Gasteiger partial charge on any atom is 0.119 e. The second-order valence-corrected chi connectivity index (χ2v) is 7.64. The summed E-state index contributed by atoms with van der Waals surface area (Å²) < 4.78 is 0. The molecule has 1 aromatic rings. The summed E-state index contributed by atoms with van der Waals surface area (Å²) in [5.41, 5.74) is 2.56. The number of rotatable bonds is 6. The van der Waals surface area contributed by atoms with Crippen LogP contribution in [0.4, 0.5) is 0 Å². The van der Waals surface area contributed by atoms with Gasteiger partial charge in [0.1, 0.15) is 5.75 Å². The van der Waals surface area contributed by atoms with Crippen LogP contribution in [0.2, 0.25) is 0 Å². The standard InChI is InChI=1S/C13H18O.C6H15NO.C4H10/c1-2-4-10-7-8-12-11(9-10)5-3-6-13(12)14;1-4-6(8)5-7(2)3;1-3-4-2/h3,5-6,10,14H,2,4,7-9H2,1H3;6,8H,4-5H2,1-3H3;3-4H2,1-2H3/t;6-;/m.1./s1. The lowest BCUT2D eigenvalue weighted by molar-refractivity contribution is 0.133. The Balaban J connectivity index is 0.000000444. The Hall–Kier alpha value is -1.06. The van der Waals surface area contributed by atoms with Crippen molar-refractivity contribution < 1.29 is 10.2 Å². The maximum atomic E-state index is 9.67. The molecular formula is C23H43NO2. The molecule has 0 bridgehead atoms. The molecule has 2 atom stereocenters. The van der Waals surface area contributed by atoms with E-state index < -0.39 is 0 Å². The Morgan fingerprint density at radius 3 is 2.19 bits per heavy atom. The quantitative estimate of drug-likeness (QED) is 0.707. The Morgan fingerprint density at radius 1 is 1.08 bits per heavy atom. The molecule has 0 aliphatic heterocycles. The van der Waals surface area contributed by atoms with E-state index in [1.807, 2.05) is 32.0 Å². The zero-order valence-electron chi connectivity index (χ0n) is 18.1. The predicted molar refractivity (Wildman–Crippen MR) is 114 cm³/mol. The molecule has 0 saturated carbocycles. The van der Waals surface area contributed by atoms with E-state index in [-0.39, 0.29) is 6.10 Å². The third-order valence-corrected chi connectivity index (χ3v) is 4.80. The molecule has 26 heavy (non-hydrogen) atoms.